The zero-order chi connectivity index (χ0) is 18.0. The molecule has 2 N–H and O–H groups in total. The van der Waals surface area contributed by atoms with Crippen molar-refractivity contribution in [1.29, 1.82) is 0 Å². The number of nitrogens with one attached hydrogen (secondary N) is 1. The van der Waals surface area contributed by atoms with Crippen molar-refractivity contribution >= 4 is 37.7 Å². The molecule has 0 spiro atoms. The number of benzene rings is 2. The zero-order valence-corrected chi connectivity index (χ0v) is 15.0. The van der Waals surface area contributed by atoms with Gasteiger partial charge in [-0.05, 0) is 24.3 Å². The van der Waals surface area contributed by atoms with Crippen molar-refractivity contribution in [2.24, 2.45) is 4.36 Å². The summed E-state index contributed by atoms with van der Waals surface area (Å²) in [5, 5.41) is 13.9. The summed E-state index contributed by atoms with van der Waals surface area (Å²) in [7, 11) is -0.705. The molecule has 7 heteroatoms. The summed E-state index contributed by atoms with van der Waals surface area (Å²) in [5.74, 6) is 0.654. The maximum atomic E-state index is 11.9. The van der Waals surface area contributed by atoms with Crippen LogP contribution in [0.1, 0.15) is 0 Å². The number of fused-ring (bicyclic) bond motifs is 1. The molecule has 2 aromatic carbocycles. The number of ether oxygens (including phenoxy) is 1. The standard InChI is InChI=1S/C18H19N3O3S/c1-24-15-9-13(8-14(22)11-15)20-18-6-7-19-17-5-4-12(10-16(17)18)21-25(2,3)23/h4-11,22H,1-3H3,(H,19,20). The van der Waals surface area contributed by atoms with Crippen LogP contribution >= 0.6 is 0 Å². The molecule has 25 heavy (non-hydrogen) atoms. The molecule has 6 nitrogen and oxygen atoms in total. The van der Waals surface area contributed by atoms with Crippen LogP contribution in [0.2, 0.25) is 0 Å². The lowest BCUT2D eigenvalue weighted by Crippen LogP contribution is -1.94. The second kappa shape index (κ2) is 6.60. The molecule has 0 aliphatic carbocycles. The van der Waals surface area contributed by atoms with E-state index in [1.165, 1.54) is 6.07 Å². The van der Waals surface area contributed by atoms with E-state index < -0.39 is 9.73 Å². The molecule has 0 radical (unpaired) electrons. The quantitative estimate of drug-likeness (QED) is 0.736. The number of phenolic OH excluding ortho intramolecular Hbond substituents is 1. The van der Waals surface area contributed by atoms with Crippen LogP contribution in [0.15, 0.2) is 53.0 Å². The van der Waals surface area contributed by atoms with Crippen molar-refractivity contribution in [3.63, 3.8) is 0 Å². The molecule has 1 aromatic heterocycles. The van der Waals surface area contributed by atoms with E-state index in [9.17, 15) is 9.32 Å². The minimum Gasteiger partial charge on any atom is -0.508 e. The fraction of sp³-hybridized carbons (Fsp3) is 0.167. The van der Waals surface area contributed by atoms with Crippen molar-refractivity contribution in [1.82, 2.24) is 4.98 Å². The maximum Gasteiger partial charge on any atom is 0.124 e. The zero-order valence-electron chi connectivity index (χ0n) is 14.2. The van der Waals surface area contributed by atoms with E-state index in [1.54, 1.807) is 44.0 Å². The third-order valence-electron chi connectivity index (χ3n) is 3.46. The molecule has 0 amide bonds. The Labute approximate surface area is 146 Å². The van der Waals surface area contributed by atoms with Crippen molar-refractivity contribution in [3.05, 3.63) is 48.7 Å². The highest BCUT2D eigenvalue weighted by molar-refractivity contribution is 7.92. The molecular weight excluding hydrogens is 338 g/mol. The molecule has 0 saturated heterocycles. The van der Waals surface area contributed by atoms with Gasteiger partial charge in [0.1, 0.15) is 11.5 Å². The smallest absolute Gasteiger partial charge is 0.124 e. The van der Waals surface area contributed by atoms with Crippen LogP contribution < -0.4 is 10.1 Å². The van der Waals surface area contributed by atoms with Gasteiger partial charge < -0.3 is 15.2 Å². The number of hydrogen-bond donors (Lipinski definition) is 2. The number of anilines is 2. The summed E-state index contributed by atoms with van der Waals surface area (Å²) >= 11 is 0. The minimum atomic E-state index is -2.25. The van der Waals surface area contributed by atoms with Gasteiger partial charge in [0.25, 0.3) is 0 Å². The molecule has 0 aliphatic heterocycles. The van der Waals surface area contributed by atoms with Crippen LogP contribution in [0.5, 0.6) is 11.5 Å². The molecule has 0 bridgehead atoms. The lowest BCUT2D eigenvalue weighted by atomic mass is 10.1. The summed E-state index contributed by atoms with van der Waals surface area (Å²) in [6, 6.07) is 12.2. The van der Waals surface area contributed by atoms with Crippen molar-refractivity contribution in [2.45, 2.75) is 0 Å². The summed E-state index contributed by atoms with van der Waals surface area (Å²) in [4.78, 5) is 4.35. The first-order valence-electron chi connectivity index (χ1n) is 7.55. The number of aromatic hydroxyl groups is 1. The average Bonchev–Trinajstić information content (AvgIpc) is 2.53. The van der Waals surface area contributed by atoms with Gasteiger partial charge in [0.15, 0.2) is 0 Å². The van der Waals surface area contributed by atoms with Crippen LogP contribution in [0.25, 0.3) is 10.9 Å². The number of phenols is 1. The van der Waals surface area contributed by atoms with Gasteiger partial charge in [-0.3, -0.25) is 4.98 Å². The predicted octanol–water partition coefficient (Wildman–Crippen LogP) is 4.05. The molecule has 0 fully saturated rings. The third-order valence-corrected chi connectivity index (χ3v) is 4.11. The highest BCUT2D eigenvalue weighted by Crippen LogP contribution is 2.32. The number of rotatable bonds is 4. The minimum absolute atomic E-state index is 0.104. The second-order valence-electron chi connectivity index (χ2n) is 5.88. The summed E-state index contributed by atoms with van der Waals surface area (Å²) in [5.41, 5.74) is 2.90. The highest BCUT2D eigenvalue weighted by Gasteiger charge is 2.06. The fourth-order valence-corrected chi connectivity index (χ4v) is 3.10. The Morgan fingerprint density at radius 2 is 1.96 bits per heavy atom. The molecule has 0 saturated carbocycles. The SMILES string of the molecule is COc1cc(O)cc(Nc2ccnc3ccc(N=S(C)(C)=O)cc23)c1. The normalized spacial score (nSPS) is 11.3. The topological polar surface area (TPSA) is 83.8 Å². The number of hydrogen-bond acceptors (Lipinski definition) is 6. The van der Waals surface area contributed by atoms with Gasteiger partial charge in [-0.1, -0.05) is 0 Å². The van der Waals surface area contributed by atoms with Crippen LogP contribution in [-0.2, 0) is 9.73 Å². The second-order valence-corrected chi connectivity index (χ2v) is 8.42. The summed E-state index contributed by atoms with van der Waals surface area (Å²) in [6.45, 7) is 0. The Kier molecular flexibility index (Phi) is 4.50. The maximum absolute atomic E-state index is 11.9. The third kappa shape index (κ3) is 4.19. The monoisotopic (exact) mass is 357 g/mol. The Bertz CT molecular complexity index is 1050. The number of methoxy groups -OCH3 is 1. The first-order chi connectivity index (χ1) is 11.8. The van der Waals surface area contributed by atoms with Crippen molar-refractivity contribution in [2.75, 3.05) is 24.9 Å². The molecule has 130 valence electrons. The first-order valence-corrected chi connectivity index (χ1v) is 9.88. The largest absolute Gasteiger partial charge is 0.508 e. The Morgan fingerprint density at radius 3 is 2.68 bits per heavy atom. The molecule has 0 unspecified atom stereocenters. The highest BCUT2D eigenvalue weighted by atomic mass is 32.2. The van der Waals surface area contributed by atoms with E-state index in [0.717, 1.165) is 16.6 Å². The van der Waals surface area contributed by atoms with Crippen LogP contribution in [0.4, 0.5) is 17.1 Å². The van der Waals surface area contributed by atoms with Gasteiger partial charge in [0.2, 0.25) is 0 Å². The summed E-state index contributed by atoms with van der Waals surface area (Å²) < 4.78 is 21.4. The van der Waals surface area contributed by atoms with Gasteiger partial charge >= 0.3 is 0 Å². The average molecular weight is 357 g/mol. The van der Waals surface area contributed by atoms with E-state index in [-0.39, 0.29) is 5.75 Å². The van der Waals surface area contributed by atoms with Gasteiger partial charge in [-0.25, -0.2) is 4.21 Å². The van der Waals surface area contributed by atoms with Crippen molar-refractivity contribution in [3.8, 4) is 11.5 Å². The van der Waals surface area contributed by atoms with Gasteiger partial charge in [0, 0.05) is 63.4 Å². The van der Waals surface area contributed by atoms with E-state index in [4.69, 9.17) is 4.74 Å². The summed E-state index contributed by atoms with van der Waals surface area (Å²) in [6.07, 6.45) is 4.89. The molecule has 3 aromatic rings. The lowest BCUT2D eigenvalue weighted by molar-refractivity contribution is 0.408. The molecule has 1 heterocycles. The fourth-order valence-electron chi connectivity index (χ4n) is 2.48. The van der Waals surface area contributed by atoms with Gasteiger partial charge in [0.05, 0.1) is 18.3 Å². The van der Waals surface area contributed by atoms with E-state index in [1.807, 2.05) is 18.2 Å². The molecule has 0 aliphatic rings. The predicted molar refractivity (Wildman–Crippen MR) is 102 cm³/mol. The first kappa shape index (κ1) is 17.0. The van der Waals surface area contributed by atoms with Gasteiger partial charge in [-0.15, -0.1) is 0 Å². The number of aromatic nitrogens is 1. The van der Waals surface area contributed by atoms with Gasteiger partial charge in [-0.2, -0.15) is 4.36 Å². The van der Waals surface area contributed by atoms with Crippen LogP contribution in [0.3, 0.4) is 0 Å². The molecule has 0 atom stereocenters. The van der Waals surface area contributed by atoms with E-state index in [2.05, 4.69) is 14.7 Å². The molecule has 3 rings (SSSR count). The Morgan fingerprint density at radius 1 is 1.16 bits per heavy atom. The van der Waals surface area contributed by atoms with E-state index >= 15 is 0 Å². The van der Waals surface area contributed by atoms with Crippen LogP contribution in [0, 0.1) is 0 Å². The van der Waals surface area contributed by atoms with Crippen LogP contribution in [-0.4, -0.2) is 33.9 Å². The molecular formula is C18H19N3O3S. The Balaban J connectivity index is 2.08. The Hall–Kier alpha value is -2.80. The van der Waals surface area contributed by atoms with E-state index in [0.29, 0.717) is 17.1 Å². The lowest BCUT2D eigenvalue weighted by Gasteiger charge is -2.11. The number of nitrogens with zero attached hydrogens (tertiary/aromatic N) is 2. The van der Waals surface area contributed by atoms with Crippen molar-refractivity contribution < 1.29 is 14.1 Å². The number of pyridine rings is 1.